The number of phosphoric ester groups is 1. The molecule has 3 heterocycles. The molecule has 0 spiro atoms. The van der Waals surface area contributed by atoms with Gasteiger partial charge in [-0.2, -0.15) is 30.4 Å². The zero-order chi connectivity index (χ0) is 73.1. The Hall–Kier alpha value is -5.92. The van der Waals surface area contributed by atoms with Crippen molar-refractivity contribution in [3.05, 3.63) is 81.2 Å². The summed E-state index contributed by atoms with van der Waals surface area (Å²) in [7, 11) is -21.8. The Bertz CT molecular complexity index is 4290. The van der Waals surface area contributed by atoms with Crippen LogP contribution in [0.25, 0.3) is 33.4 Å². The highest BCUT2D eigenvalue weighted by Crippen LogP contribution is 2.66. The summed E-state index contributed by atoms with van der Waals surface area (Å²) < 4.78 is 163. The van der Waals surface area contributed by atoms with Gasteiger partial charge in [0, 0.05) is 71.2 Å². The summed E-state index contributed by atoms with van der Waals surface area (Å²) in [6.07, 6.45) is -0.535. The molecule has 3 unspecified atom stereocenters. The lowest BCUT2D eigenvalue weighted by molar-refractivity contribution is -0.176. The quantitative estimate of drug-likeness (QED) is 0.00310. The lowest BCUT2D eigenvalue weighted by atomic mass is 9.89. The summed E-state index contributed by atoms with van der Waals surface area (Å²) in [5, 5.41) is 22.9. The number of hydrogen-bond donors (Lipinski definition) is 13. The molecular weight excluding hydrogens is 1500 g/mol. The first-order chi connectivity index (χ1) is 46.4. The first-order valence-electron chi connectivity index (χ1n) is 28.4. The third-order valence-electron chi connectivity index (χ3n) is 13.1. The number of nitrogens with one attached hydrogen (secondary N) is 3. The largest absolute Gasteiger partial charge is 0.490 e. The maximum atomic E-state index is 13.4. The standard InChI is InChI=1S/C52H67N8O30P3S6/c1-52(2,97-96-28-82-17-4-5-18-83-50(65)57-14-12-31-26-60(49(64)59-46(31)55)40-25-38(85-29-95-94-3)39(87-40)27-86-92(70,71)90-93(72,73)89-91(67,68)69)13-19-84-51(66)58-16-21-81-23-22-80-20-15-56-47(61)30-6-7-32(48(62)63)35(24-30)41-33-8-10-36(53)44(98(74,75)76)42(33)88-43-34(41)9-11-37(54)45(43)99(77,78)79/h6-11,24,26,38-40,53H,4-5,13,15-23,25,27-29,54H2,1-3H3,(H,56,61)(H,57,65)(H,58,66)(H,62,63)(H,70,71)(H,72,73)(H2,55,59,64)(H2,67,68,69)(H,74,75,76)(H,77,78,79)/p+1/t38?,39-,40-/m1/s1. The number of unbranched alkanes of at least 4 members (excludes halogenated alkanes) is 1. The zero-order valence-corrected chi connectivity index (χ0v) is 59.7. The van der Waals surface area contributed by atoms with E-state index in [1.807, 2.05) is 13.8 Å². The van der Waals surface area contributed by atoms with Crippen molar-refractivity contribution in [3.8, 4) is 34.4 Å². The van der Waals surface area contributed by atoms with E-state index in [4.69, 9.17) is 68.8 Å². The normalized spacial score (nSPS) is 16.3. The maximum Gasteiger partial charge on any atom is 0.490 e. The number of rotatable bonds is 38. The second-order valence-electron chi connectivity index (χ2n) is 20.8. The minimum absolute atomic E-state index is 0.00224. The molecule has 47 heteroatoms. The van der Waals surface area contributed by atoms with Crippen molar-refractivity contribution in [1.82, 2.24) is 25.5 Å². The molecule has 1 aromatic heterocycles. The van der Waals surface area contributed by atoms with Crippen LogP contribution in [-0.2, 0) is 80.2 Å². The number of ether oxygens (including phenoxy) is 7. The van der Waals surface area contributed by atoms with Gasteiger partial charge in [0.05, 0.1) is 69.2 Å². The van der Waals surface area contributed by atoms with Gasteiger partial charge in [0.15, 0.2) is 16.2 Å². The van der Waals surface area contributed by atoms with Crippen LogP contribution in [0.1, 0.15) is 72.0 Å². The number of benzene rings is 3. The van der Waals surface area contributed by atoms with Crippen LogP contribution in [0.15, 0.2) is 67.7 Å². The Morgan fingerprint density at radius 3 is 2.16 bits per heavy atom. The first-order valence-corrected chi connectivity index (χ1v) is 40.8. The number of nitrogens with zero attached hydrogens (tertiary/aromatic N) is 2. The SMILES string of the molecule is CSSCOC1C[C@H](n2cc(C#CNC(=O)OCCCCOCSSC(C)(C)CCOC(=O)NCCOCCOCCNC(=O)c3ccc(C(=O)O)c(-c4c5ccc(=[NH2+])c(S(=O)(=O)O)c-5oc5c(S(=O)(=O)O)c(N)ccc45)c3)c(N)nc2=O)O[C@@H]1COP(=O)(O)OP(=O)(O)OP(=O)(O)O. The topological polar surface area (TPSA) is 583 Å². The van der Waals surface area contributed by atoms with Crippen LogP contribution in [-0.4, -0.2) is 185 Å². The second-order valence-corrected chi connectivity index (χ2v) is 33.4. The number of carbonyl (C=O) groups excluding carboxylic acids is 3. The van der Waals surface area contributed by atoms with Crippen LogP contribution in [0.2, 0.25) is 0 Å². The first kappa shape index (κ1) is 82.0. The molecule has 3 aliphatic rings. The van der Waals surface area contributed by atoms with Crippen molar-refractivity contribution in [2.24, 2.45) is 0 Å². The van der Waals surface area contributed by atoms with Crippen molar-refractivity contribution in [1.29, 1.82) is 0 Å². The molecule has 0 radical (unpaired) electrons. The molecule has 1 aliphatic carbocycles. The van der Waals surface area contributed by atoms with E-state index in [1.54, 1.807) is 6.26 Å². The highest BCUT2D eigenvalue weighted by molar-refractivity contribution is 8.77. The number of hydrogen-bond acceptors (Lipinski definition) is 30. The van der Waals surface area contributed by atoms with E-state index in [2.05, 4.69) is 41.5 Å². The molecule has 0 saturated carbocycles. The van der Waals surface area contributed by atoms with E-state index < -0.39 is 136 Å². The average Bonchev–Trinajstić information content (AvgIpc) is 0.785. The molecule has 2 aromatic carbocycles. The van der Waals surface area contributed by atoms with E-state index >= 15 is 0 Å². The van der Waals surface area contributed by atoms with Crippen molar-refractivity contribution in [2.75, 3.05) is 95.5 Å². The molecule has 6 rings (SSSR count). The van der Waals surface area contributed by atoms with E-state index in [0.29, 0.717) is 31.8 Å². The van der Waals surface area contributed by atoms with Gasteiger partial charge in [-0.15, -0.1) is 0 Å². The average molecular weight is 1570 g/mol. The lowest BCUT2D eigenvalue weighted by Gasteiger charge is -2.22. The Kier molecular flexibility index (Phi) is 30.5. The molecule has 1 saturated heterocycles. The predicted molar refractivity (Wildman–Crippen MR) is 355 cm³/mol. The van der Waals surface area contributed by atoms with Gasteiger partial charge in [0.1, 0.15) is 30.0 Å². The minimum atomic E-state index is -5.80. The van der Waals surface area contributed by atoms with Crippen LogP contribution in [0.3, 0.4) is 0 Å². The van der Waals surface area contributed by atoms with Gasteiger partial charge in [-0.1, -0.05) is 43.2 Å². The van der Waals surface area contributed by atoms with Crippen LogP contribution < -0.4 is 43.9 Å². The molecule has 0 bridgehead atoms. The van der Waals surface area contributed by atoms with Gasteiger partial charge in [-0.25, -0.2) is 38.2 Å². The molecule has 99 heavy (non-hydrogen) atoms. The summed E-state index contributed by atoms with van der Waals surface area (Å²) in [6, 6.07) is 10.4. The summed E-state index contributed by atoms with van der Waals surface area (Å²) in [4.78, 5) is 102. The number of anilines is 2. The number of aromatic carboxylic acids is 1. The van der Waals surface area contributed by atoms with Crippen LogP contribution in [0.5, 0.6) is 0 Å². The van der Waals surface area contributed by atoms with Gasteiger partial charge >= 0.3 is 57.4 Å². The molecular formula is C52H68N8O30P3S6+. The highest BCUT2D eigenvalue weighted by Gasteiger charge is 2.44. The number of nitrogen functional groups attached to an aromatic ring is 2. The highest BCUT2D eigenvalue weighted by atomic mass is 33.1. The van der Waals surface area contributed by atoms with Gasteiger partial charge in [-0.3, -0.25) is 28.4 Å². The fraction of sp³-hybridized carbons (Fsp3) is 0.442. The van der Waals surface area contributed by atoms with Gasteiger partial charge in [0.2, 0.25) is 10.3 Å². The molecule has 2 aliphatic heterocycles. The molecule has 16 N–H and O–H groups in total. The predicted octanol–water partition coefficient (Wildman–Crippen LogP) is 3.29. The van der Waals surface area contributed by atoms with Crippen molar-refractivity contribution < 1.29 is 140 Å². The van der Waals surface area contributed by atoms with Gasteiger partial charge < -0.3 is 84.4 Å². The maximum absolute atomic E-state index is 13.4. The van der Waals surface area contributed by atoms with Crippen LogP contribution in [0.4, 0.5) is 21.1 Å². The smallest absolute Gasteiger partial charge is 0.478 e. The Morgan fingerprint density at radius 2 is 1.49 bits per heavy atom. The summed E-state index contributed by atoms with van der Waals surface area (Å²) in [5.41, 5.74) is 8.47. The van der Waals surface area contributed by atoms with E-state index in [1.165, 1.54) is 67.6 Å². The molecule has 3 aromatic rings. The third-order valence-corrected chi connectivity index (χ3v) is 23.3. The molecule has 3 amide bonds. The number of carboxylic acids is 1. The second kappa shape index (κ2) is 36.8. The number of amides is 3. The van der Waals surface area contributed by atoms with Crippen molar-refractivity contribution in [2.45, 2.75) is 72.5 Å². The van der Waals surface area contributed by atoms with E-state index in [-0.39, 0.29) is 109 Å². The third kappa shape index (κ3) is 25.5. The summed E-state index contributed by atoms with van der Waals surface area (Å²) in [5.74, 6) is -0.291. The van der Waals surface area contributed by atoms with Crippen LogP contribution >= 0.6 is 66.6 Å². The fourth-order valence-electron chi connectivity index (χ4n) is 8.82. The Balaban J connectivity index is 0.821. The zero-order valence-electron chi connectivity index (χ0n) is 52.1. The molecule has 38 nitrogen and oxygen atoms in total. The monoisotopic (exact) mass is 1570 g/mol. The minimum Gasteiger partial charge on any atom is -0.478 e. The lowest BCUT2D eigenvalue weighted by Crippen LogP contribution is -2.47. The van der Waals surface area contributed by atoms with E-state index in [0.717, 1.165) is 28.8 Å². The van der Waals surface area contributed by atoms with Gasteiger partial charge in [-0.05, 0) is 87.2 Å². The number of carbonyl (C=O) groups is 4. The summed E-state index contributed by atoms with van der Waals surface area (Å²) >= 11 is 0. The number of aromatic nitrogens is 2. The molecule has 546 valence electrons. The number of carboxylic acid groups (broad SMARTS) is 1. The fourth-order valence-corrected chi connectivity index (χ4v) is 16.4. The number of nitrogens with two attached hydrogens (primary N) is 3. The van der Waals surface area contributed by atoms with Crippen molar-refractivity contribution in [3.63, 3.8) is 0 Å². The molecule has 1 fully saturated rings. The van der Waals surface area contributed by atoms with Crippen molar-refractivity contribution >= 4 is 133 Å². The summed E-state index contributed by atoms with van der Waals surface area (Å²) in [6.45, 7) is 3.99. The number of phosphoric acid groups is 3. The van der Waals surface area contributed by atoms with Gasteiger partial charge in [0.25, 0.3) is 16.0 Å². The molecule has 5 atom stereocenters. The Labute approximate surface area is 578 Å². The van der Waals surface area contributed by atoms with Crippen LogP contribution in [0, 0.1) is 12.0 Å². The van der Waals surface area contributed by atoms with E-state index in [9.17, 15) is 78.5 Å². The number of alkyl carbamates (subject to hydrolysis) is 2. The number of fused-ring (bicyclic) bond motifs is 2. The Morgan fingerprint density at radius 1 is 0.818 bits per heavy atom.